The Morgan fingerprint density at radius 3 is 2.73 bits per heavy atom. The number of aromatic hydroxyl groups is 1. The van der Waals surface area contributed by atoms with Gasteiger partial charge in [0.2, 0.25) is 0 Å². The molecular formula is C12H15NO2. The van der Waals surface area contributed by atoms with Crippen molar-refractivity contribution < 1.29 is 9.90 Å². The molecule has 3 heteroatoms. The molecule has 3 nitrogen and oxygen atoms in total. The molecule has 0 spiro atoms. The zero-order valence-electron chi connectivity index (χ0n) is 8.97. The highest BCUT2D eigenvalue weighted by atomic mass is 16.3. The van der Waals surface area contributed by atoms with Gasteiger partial charge in [-0.3, -0.25) is 4.79 Å². The number of hydrogen-bond donors (Lipinski definition) is 1. The van der Waals surface area contributed by atoms with Crippen molar-refractivity contribution in [1.82, 2.24) is 4.90 Å². The second-order valence-electron chi connectivity index (χ2n) is 3.59. The molecule has 0 aliphatic carbocycles. The first kappa shape index (κ1) is 11.5. The van der Waals surface area contributed by atoms with Gasteiger partial charge in [0.05, 0.1) is 0 Å². The fourth-order valence-corrected chi connectivity index (χ4v) is 1.20. The van der Waals surface area contributed by atoms with Gasteiger partial charge in [-0.05, 0) is 31.8 Å². The van der Waals surface area contributed by atoms with E-state index in [9.17, 15) is 9.90 Å². The minimum Gasteiger partial charge on any atom is -0.508 e. The molecule has 1 aromatic rings. The Morgan fingerprint density at radius 2 is 2.20 bits per heavy atom. The molecule has 1 N–H and O–H groups in total. The summed E-state index contributed by atoms with van der Waals surface area (Å²) in [6.45, 7) is 0.698. The summed E-state index contributed by atoms with van der Waals surface area (Å²) in [5, 5.41) is 9.28. The Morgan fingerprint density at radius 1 is 1.47 bits per heavy atom. The number of aldehydes is 1. The minimum absolute atomic E-state index is 0.171. The number of benzene rings is 1. The summed E-state index contributed by atoms with van der Waals surface area (Å²) in [7, 11) is 3.86. The molecule has 0 unspecified atom stereocenters. The van der Waals surface area contributed by atoms with E-state index >= 15 is 0 Å². The minimum atomic E-state index is 0.171. The van der Waals surface area contributed by atoms with Gasteiger partial charge in [-0.25, -0.2) is 0 Å². The Hall–Kier alpha value is -1.61. The zero-order chi connectivity index (χ0) is 11.3. The van der Waals surface area contributed by atoms with E-state index in [1.165, 1.54) is 0 Å². The molecule has 0 amide bonds. The molecule has 1 aromatic carbocycles. The second kappa shape index (κ2) is 5.32. The highest BCUT2D eigenvalue weighted by Gasteiger charge is 2.00. The van der Waals surface area contributed by atoms with Gasteiger partial charge >= 0.3 is 0 Å². The highest BCUT2D eigenvalue weighted by Crippen LogP contribution is 2.17. The van der Waals surface area contributed by atoms with Crippen LogP contribution in [0.1, 0.15) is 5.56 Å². The lowest BCUT2D eigenvalue weighted by Crippen LogP contribution is -2.11. The van der Waals surface area contributed by atoms with E-state index in [2.05, 4.69) is 0 Å². The predicted molar refractivity (Wildman–Crippen MR) is 60.7 cm³/mol. The normalized spacial score (nSPS) is 11.8. The predicted octanol–water partition coefficient (Wildman–Crippen LogP) is 1.54. The summed E-state index contributed by atoms with van der Waals surface area (Å²) in [4.78, 5) is 12.8. The van der Waals surface area contributed by atoms with Crippen LogP contribution in [0.25, 0.3) is 5.57 Å². The van der Waals surface area contributed by atoms with Crippen molar-refractivity contribution in [1.29, 1.82) is 0 Å². The molecule has 15 heavy (non-hydrogen) atoms. The number of carbonyl (C=O) groups is 1. The van der Waals surface area contributed by atoms with Crippen LogP contribution in [-0.2, 0) is 4.79 Å². The van der Waals surface area contributed by atoms with Crippen molar-refractivity contribution in [3.05, 3.63) is 35.9 Å². The number of nitrogens with zero attached hydrogens (tertiary/aromatic N) is 1. The molecule has 0 radical (unpaired) electrons. The van der Waals surface area contributed by atoms with Crippen LogP contribution in [0.4, 0.5) is 0 Å². The Bertz CT molecular complexity index is 370. The van der Waals surface area contributed by atoms with E-state index in [4.69, 9.17) is 0 Å². The molecule has 0 aromatic heterocycles. The SMILES string of the molecule is CN(C)CC=C(C=O)c1cccc(O)c1. The monoisotopic (exact) mass is 205 g/mol. The van der Waals surface area contributed by atoms with Gasteiger partial charge in [0.15, 0.2) is 0 Å². The standard InChI is InChI=1S/C12H15NO2/c1-13(2)7-6-11(9-14)10-4-3-5-12(15)8-10/h3-6,8-9,15H,7H2,1-2H3. The summed E-state index contributed by atoms with van der Waals surface area (Å²) in [6, 6.07) is 6.68. The van der Waals surface area contributed by atoms with Gasteiger partial charge in [0, 0.05) is 12.1 Å². The van der Waals surface area contributed by atoms with E-state index < -0.39 is 0 Å². The van der Waals surface area contributed by atoms with Gasteiger partial charge in [-0.2, -0.15) is 0 Å². The van der Waals surface area contributed by atoms with Crippen LogP contribution >= 0.6 is 0 Å². The number of hydrogen-bond acceptors (Lipinski definition) is 3. The quantitative estimate of drug-likeness (QED) is 0.598. The summed E-state index contributed by atoms with van der Waals surface area (Å²) in [5.74, 6) is 0.171. The first-order valence-electron chi connectivity index (χ1n) is 4.73. The van der Waals surface area contributed by atoms with Crippen molar-refractivity contribution >= 4 is 11.9 Å². The Kier molecular flexibility index (Phi) is 4.06. The fourth-order valence-electron chi connectivity index (χ4n) is 1.20. The third-order valence-electron chi connectivity index (χ3n) is 1.98. The van der Waals surface area contributed by atoms with E-state index in [1.54, 1.807) is 24.3 Å². The van der Waals surface area contributed by atoms with Crippen molar-refractivity contribution in [3.8, 4) is 5.75 Å². The van der Waals surface area contributed by atoms with Crippen LogP contribution in [0, 0.1) is 0 Å². The van der Waals surface area contributed by atoms with Crippen molar-refractivity contribution in [2.75, 3.05) is 20.6 Å². The first-order valence-corrected chi connectivity index (χ1v) is 4.73. The number of likely N-dealkylation sites (N-methyl/N-ethyl adjacent to an activating group) is 1. The lowest BCUT2D eigenvalue weighted by Gasteiger charge is -2.06. The van der Waals surface area contributed by atoms with Gasteiger partial charge in [0.25, 0.3) is 0 Å². The zero-order valence-corrected chi connectivity index (χ0v) is 8.97. The molecular weight excluding hydrogens is 190 g/mol. The van der Waals surface area contributed by atoms with E-state index in [0.29, 0.717) is 12.1 Å². The van der Waals surface area contributed by atoms with Crippen LogP contribution in [0.15, 0.2) is 30.3 Å². The molecule has 0 aliphatic heterocycles. The number of rotatable bonds is 4. The molecule has 0 saturated carbocycles. The summed E-state index contributed by atoms with van der Waals surface area (Å²) in [6.07, 6.45) is 2.64. The van der Waals surface area contributed by atoms with Crippen LogP contribution in [0.3, 0.4) is 0 Å². The largest absolute Gasteiger partial charge is 0.508 e. The number of phenolic OH excluding ortho intramolecular Hbond substituents is 1. The molecule has 0 fully saturated rings. The van der Waals surface area contributed by atoms with Crippen LogP contribution in [-0.4, -0.2) is 36.9 Å². The van der Waals surface area contributed by atoms with Crippen LogP contribution < -0.4 is 0 Å². The summed E-state index contributed by atoms with van der Waals surface area (Å²) < 4.78 is 0. The number of allylic oxidation sites excluding steroid dienone is 1. The summed E-state index contributed by atoms with van der Waals surface area (Å²) in [5.41, 5.74) is 1.34. The molecule has 0 atom stereocenters. The van der Waals surface area contributed by atoms with Gasteiger partial charge in [-0.1, -0.05) is 18.2 Å². The Balaban J connectivity index is 2.92. The smallest absolute Gasteiger partial charge is 0.150 e. The molecule has 80 valence electrons. The number of phenols is 1. The van der Waals surface area contributed by atoms with Crippen molar-refractivity contribution in [2.24, 2.45) is 0 Å². The first-order chi connectivity index (χ1) is 7.13. The molecule has 1 rings (SSSR count). The Labute approximate surface area is 89.6 Å². The van der Waals surface area contributed by atoms with Gasteiger partial charge in [0.1, 0.15) is 12.0 Å². The summed E-state index contributed by atoms with van der Waals surface area (Å²) >= 11 is 0. The van der Waals surface area contributed by atoms with Gasteiger partial charge in [-0.15, -0.1) is 0 Å². The molecule has 0 saturated heterocycles. The van der Waals surface area contributed by atoms with Crippen LogP contribution in [0.5, 0.6) is 5.75 Å². The molecule has 0 heterocycles. The van der Waals surface area contributed by atoms with E-state index in [-0.39, 0.29) is 5.75 Å². The maximum atomic E-state index is 10.9. The van der Waals surface area contributed by atoms with Crippen molar-refractivity contribution in [3.63, 3.8) is 0 Å². The third-order valence-corrected chi connectivity index (χ3v) is 1.98. The van der Waals surface area contributed by atoms with Crippen LogP contribution in [0.2, 0.25) is 0 Å². The average Bonchev–Trinajstić information content (AvgIpc) is 2.18. The maximum absolute atomic E-state index is 10.9. The maximum Gasteiger partial charge on any atom is 0.150 e. The lowest BCUT2D eigenvalue weighted by atomic mass is 10.1. The second-order valence-corrected chi connectivity index (χ2v) is 3.59. The fraction of sp³-hybridized carbons (Fsp3) is 0.250. The molecule has 0 bridgehead atoms. The third kappa shape index (κ3) is 3.56. The van der Waals surface area contributed by atoms with Crippen molar-refractivity contribution in [2.45, 2.75) is 0 Å². The molecule has 0 aliphatic rings. The average molecular weight is 205 g/mol. The van der Waals surface area contributed by atoms with E-state index in [0.717, 1.165) is 11.8 Å². The van der Waals surface area contributed by atoms with Gasteiger partial charge < -0.3 is 10.0 Å². The number of carbonyl (C=O) groups excluding carboxylic acids is 1. The topological polar surface area (TPSA) is 40.5 Å². The highest BCUT2D eigenvalue weighted by molar-refractivity contribution is 6.06. The lowest BCUT2D eigenvalue weighted by molar-refractivity contribution is -0.103. The van der Waals surface area contributed by atoms with E-state index in [1.807, 2.05) is 25.1 Å².